The van der Waals surface area contributed by atoms with E-state index in [0.717, 1.165) is 28.2 Å². The molecule has 4 N–H and O–H groups in total. The number of aryl methyl sites for hydroxylation is 2. The summed E-state index contributed by atoms with van der Waals surface area (Å²) < 4.78 is 22.4. The van der Waals surface area contributed by atoms with Gasteiger partial charge in [0.15, 0.2) is 11.6 Å². The van der Waals surface area contributed by atoms with Crippen LogP contribution < -0.4 is 15.8 Å². The van der Waals surface area contributed by atoms with Crippen LogP contribution in [0.3, 0.4) is 0 Å². The van der Waals surface area contributed by atoms with E-state index in [4.69, 9.17) is 15.9 Å². The summed E-state index contributed by atoms with van der Waals surface area (Å²) in [5.74, 6) is -0.209. The summed E-state index contributed by atoms with van der Waals surface area (Å²) in [5.41, 5.74) is 12.0. The lowest BCUT2D eigenvalue weighted by atomic mass is 9.98. The maximum Gasteiger partial charge on any atom is 0.165 e. The molecule has 0 aliphatic rings. The van der Waals surface area contributed by atoms with E-state index in [1.165, 1.54) is 6.07 Å². The summed E-state index contributed by atoms with van der Waals surface area (Å²) in [7, 11) is 3.70. The number of rotatable bonds is 8. The van der Waals surface area contributed by atoms with Gasteiger partial charge in [0.25, 0.3) is 0 Å². The zero-order valence-corrected chi connectivity index (χ0v) is 17.8. The summed E-state index contributed by atoms with van der Waals surface area (Å²) in [6.07, 6.45) is 0.640. The van der Waals surface area contributed by atoms with Crippen LogP contribution in [-0.4, -0.2) is 35.7 Å². The van der Waals surface area contributed by atoms with Crippen molar-refractivity contribution in [3.05, 3.63) is 64.7 Å². The fourth-order valence-corrected chi connectivity index (χ4v) is 3.61. The number of nitrogens with two attached hydrogens (primary N) is 1. The average Bonchev–Trinajstić information content (AvgIpc) is 2.99. The van der Waals surface area contributed by atoms with Gasteiger partial charge in [-0.2, -0.15) is 5.10 Å². The van der Waals surface area contributed by atoms with Gasteiger partial charge in [0.2, 0.25) is 0 Å². The molecule has 2 aromatic carbocycles. The average molecular weight is 410 g/mol. The van der Waals surface area contributed by atoms with Crippen LogP contribution in [0.5, 0.6) is 5.75 Å². The maximum atomic E-state index is 14.7. The zero-order valence-electron chi connectivity index (χ0n) is 17.8. The first kappa shape index (κ1) is 21.5. The lowest BCUT2D eigenvalue weighted by Gasteiger charge is -2.15. The Morgan fingerprint density at radius 3 is 2.67 bits per heavy atom. The van der Waals surface area contributed by atoms with Crippen molar-refractivity contribution in [3.8, 4) is 16.9 Å². The van der Waals surface area contributed by atoms with E-state index in [1.807, 2.05) is 49.8 Å². The van der Waals surface area contributed by atoms with Crippen molar-refractivity contribution in [2.45, 2.75) is 20.3 Å². The molecule has 0 atom stereocenters. The van der Waals surface area contributed by atoms with Crippen molar-refractivity contribution in [1.29, 1.82) is 5.41 Å². The molecular formula is C23H28FN5O. The van der Waals surface area contributed by atoms with Gasteiger partial charge in [-0.1, -0.05) is 18.2 Å². The van der Waals surface area contributed by atoms with Crippen molar-refractivity contribution in [2.24, 2.45) is 12.8 Å². The minimum atomic E-state index is -0.416. The molecule has 0 saturated heterocycles. The number of nitrogens with one attached hydrogen (secondary N) is 2. The van der Waals surface area contributed by atoms with E-state index in [9.17, 15) is 4.39 Å². The van der Waals surface area contributed by atoms with E-state index in [1.54, 1.807) is 13.1 Å². The lowest BCUT2D eigenvalue weighted by Crippen LogP contribution is -2.15. The molecule has 3 aromatic rings. The molecule has 158 valence electrons. The summed E-state index contributed by atoms with van der Waals surface area (Å²) in [4.78, 5) is 0. The topological polar surface area (TPSA) is 89.0 Å². The lowest BCUT2D eigenvalue weighted by molar-refractivity contribution is 0.306. The normalized spacial score (nSPS) is 10.9. The second-order valence-corrected chi connectivity index (χ2v) is 7.18. The first-order valence-electron chi connectivity index (χ1n) is 9.87. The van der Waals surface area contributed by atoms with Gasteiger partial charge in [0, 0.05) is 49.6 Å². The molecule has 1 aromatic heterocycles. The highest BCUT2D eigenvalue weighted by molar-refractivity contribution is 6.05. The van der Waals surface area contributed by atoms with E-state index in [2.05, 4.69) is 10.4 Å². The molecule has 7 heteroatoms. The van der Waals surface area contributed by atoms with Crippen LogP contribution in [0.15, 0.2) is 36.4 Å². The number of aromatic nitrogens is 2. The molecule has 3 rings (SSSR count). The summed E-state index contributed by atoms with van der Waals surface area (Å²) >= 11 is 0. The molecular weight excluding hydrogens is 381 g/mol. The summed E-state index contributed by atoms with van der Waals surface area (Å²) in [5, 5.41) is 15.6. The largest absolute Gasteiger partial charge is 0.490 e. The van der Waals surface area contributed by atoms with E-state index < -0.39 is 5.82 Å². The van der Waals surface area contributed by atoms with Gasteiger partial charge in [-0.05, 0) is 43.2 Å². The van der Waals surface area contributed by atoms with Gasteiger partial charge in [0.1, 0.15) is 0 Å². The van der Waals surface area contributed by atoms with Crippen molar-refractivity contribution >= 4 is 11.4 Å². The van der Waals surface area contributed by atoms with Crippen LogP contribution in [0.25, 0.3) is 11.1 Å². The molecule has 0 radical (unpaired) electrons. The highest BCUT2D eigenvalue weighted by Crippen LogP contribution is 2.34. The monoisotopic (exact) mass is 409 g/mol. The van der Waals surface area contributed by atoms with Crippen LogP contribution in [0.4, 0.5) is 10.1 Å². The minimum Gasteiger partial charge on any atom is -0.490 e. The van der Waals surface area contributed by atoms with Crippen LogP contribution in [-0.2, 0) is 13.5 Å². The zero-order chi connectivity index (χ0) is 21.8. The SMILES string of the molecule is CNc1ccc(-c2cccc(F)c2OCCc2c(C)nn(C)c2C)cc1C(=N)CN. The Hall–Kier alpha value is -3.19. The Morgan fingerprint density at radius 2 is 2.03 bits per heavy atom. The molecule has 0 spiro atoms. The molecule has 1 heterocycles. The Balaban J connectivity index is 1.91. The number of hydrogen-bond donors (Lipinski definition) is 3. The molecule has 0 saturated carbocycles. The molecule has 0 fully saturated rings. The molecule has 0 bridgehead atoms. The summed E-state index contributed by atoms with van der Waals surface area (Å²) in [6, 6.07) is 10.5. The quantitative estimate of drug-likeness (QED) is 0.493. The second kappa shape index (κ2) is 9.09. The van der Waals surface area contributed by atoms with Gasteiger partial charge in [-0.25, -0.2) is 4.39 Å². The number of benzene rings is 2. The number of ether oxygens (including phenoxy) is 1. The maximum absolute atomic E-state index is 14.7. The molecule has 0 aliphatic heterocycles. The molecule has 6 nitrogen and oxygen atoms in total. The first-order chi connectivity index (χ1) is 14.4. The number of para-hydroxylation sites is 1. The van der Waals surface area contributed by atoms with Crippen LogP contribution >= 0.6 is 0 Å². The number of halogens is 1. The van der Waals surface area contributed by atoms with Crippen molar-refractivity contribution in [2.75, 3.05) is 25.5 Å². The fraction of sp³-hybridized carbons (Fsp3) is 0.304. The predicted octanol–water partition coefficient (Wildman–Crippen LogP) is 3.83. The van der Waals surface area contributed by atoms with Gasteiger partial charge in [-0.15, -0.1) is 0 Å². The standard InChI is InChI=1S/C23H28FN5O/c1-14-17(15(2)29(4)28-14)10-11-30-23-18(6-5-7-20(23)24)16-8-9-22(27-3)19(12-16)21(26)13-25/h5-9,12,26-27H,10-11,13,25H2,1-4H3. The Morgan fingerprint density at radius 1 is 1.27 bits per heavy atom. The van der Waals surface area contributed by atoms with Crippen molar-refractivity contribution < 1.29 is 9.13 Å². The smallest absolute Gasteiger partial charge is 0.165 e. The molecule has 30 heavy (non-hydrogen) atoms. The van der Waals surface area contributed by atoms with E-state index >= 15 is 0 Å². The molecule has 0 unspecified atom stereocenters. The Bertz CT molecular complexity index is 1070. The highest BCUT2D eigenvalue weighted by Gasteiger charge is 2.16. The Kier molecular flexibility index (Phi) is 6.52. The van der Waals surface area contributed by atoms with E-state index in [0.29, 0.717) is 29.9 Å². The molecule has 0 amide bonds. The summed E-state index contributed by atoms with van der Waals surface area (Å²) in [6.45, 7) is 4.44. The van der Waals surface area contributed by atoms with Crippen LogP contribution in [0.2, 0.25) is 0 Å². The van der Waals surface area contributed by atoms with Gasteiger partial charge in [0.05, 0.1) is 18.0 Å². The van der Waals surface area contributed by atoms with Crippen LogP contribution in [0.1, 0.15) is 22.5 Å². The van der Waals surface area contributed by atoms with Gasteiger partial charge in [-0.3, -0.25) is 4.68 Å². The third-order valence-corrected chi connectivity index (χ3v) is 5.35. The second-order valence-electron chi connectivity index (χ2n) is 7.18. The first-order valence-corrected chi connectivity index (χ1v) is 9.87. The fourth-order valence-electron chi connectivity index (χ4n) is 3.61. The molecule has 0 aliphatic carbocycles. The van der Waals surface area contributed by atoms with Crippen molar-refractivity contribution in [1.82, 2.24) is 9.78 Å². The van der Waals surface area contributed by atoms with Gasteiger partial charge >= 0.3 is 0 Å². The predicted molar refractivity (Wildman–Crippen MR) is 119 cm³/mol. The number of nitrogens with zero attached hydrogens (tertiary/aromatic N) is 2. The van der Waals surface area contributed by atoms with Crippen molar-refractivity contribution in [3.63, 3.8) is 0 Å². The number of anilines is 1. The number of hydrogen-bond acceptors (Lipinski definition) is 5. The third-order valence-electron chi connectivity index (χ3n) is 5.35. The van der Waals surface area contributed by atoms with E-state index in [-0.39, 0.29) is 12.3 Å². The third kappa shape index (κ3) is 4.21. The van der Waals surface area contributed by atoms with Gasteiger partial charge < -0.3 is 21.2 Å². The highest BCUT2D eigenvalue weighted by atomic mass is 19.1. The van der Waals surface area contributed by atoms with Crippen LogP contribution in [0, 0.1) is 25.1 Å². The minimum absolute atomic E-state index is 0.119. The Labute approximate surface area is 176 Å².